The molecule has 0 saturated carbocycles. The number of carbonyl (C=O) groups excluding carboxylic acids is 1. The number of nitrogens with zero attached hydrogens (tertiary/aromatic N) is 2. The summed E-state index contributed by atoms with van der Waals surface area (Å²) < 4.78 is 16.7. The van der Waals surface area contributed by atoms with Crippen LogP contribution in [0.2, 0.25) is 0 Å². The number of urea groups is 1. The van der Waals surface area contributed by atoms with Crippen molar-refractivity contribution in [3.05, 3.63) is 29.8 Å². The molecule has 26 heavy (non-hydrogen) atoms. The fraction of sp³-hybridized carbons (Fsp3) is 0.550. The van der Waals surface area contributed by atoms with E-state index in [-0.39, 0.29) is 11.6 Å². The molecule has 1 saturated heterocycles. The zero-order chi connectivity index (χ0) is 18.1. The number of hydrogen-bond donors (Lipinski definition) is 0. The number of methoxy groups -OCH3 is 2. The van der Waals surface area contributed by atoms with Crippen LogP contribution in [0.5, 0.6) is 11.5 Å². The molecule has 0 aromatic heterocycles. The first-order valence-corrected chi connectivity index (χ1v) is 9.29. The van der Waals surface area contributed by atoms with Gasteiger partial charge in [-0.1, -0.05) is 12.2 Å². The molecule has 1 unspecified atom stereocenters. The Bertz CT molecular complexity index is 733. The predicted octanol–water partition coefficient (Wildman–Crippen LogP) is 3.00. The number of anilines is 1. The number of rotatable bonds is 2. The van der Waals surface area contributed by atoms with E-state index in [0.29, 0.717) is 24.7 Å². The summed E-state index contributed by atoms with van der Waals surface area (Å²) >= 11 is 0. The molecular formula is C20H26N2O4. The first-order valence-electron chi connectivity index (χ1n) is 9.29. The van der Waals surface area contributed by atoms with Crippen molar-refractivity contribution in [1.29, 1.82) is 0 Å². The summed E-state index contributed by atoms with van der Waals surface area (Å²) in [5, 5.41) is 0. The molecule has 2 amide bonds. The summed E-state index contributed by atoms with van der Waals surface area (Å²) in [4.78, 5) is 17.0. The van der Waals surface area contributed by atoms with Crippen molar-refractivity contribution < 1.29 is 19.0 Å². The van der Waals surface area contributed by atoms with Crippen molar-refractivity contribution in [3.8, 4) is 11.5 Å². The second-order valence-corrected chi connectivity index (χ2v) is 7.14. The van der Waals surface area contributed by atoms with Gasteiger partial charge in [0.25, 0.3) is 0 Å². The highest BCUT2D eigenvalue weighted by molar-refractivity contribution is 5.95. The monoisotopic (exact) mass is 358 g/mol. The molecule has 0 N–H and O–H groups in total. The smallest absolute Gasteiger partial charge is 0.324 e. The Kier molecular flexibility index (Phi) is 4.53. The lowest BCUT2D eigenvalue weighted by Gasteiger charge is -2.29. The SMILES string of the molecule is COc1cc2c(cc1OC)N(C(=O)N1CCCC3(C=CCO3)CC1)CC2. The zero-order valence-corrected chi connectivity index (χ0v) is 15.5. The van der Waals surface area contributed by atoms with E-state index in [1.807, 2.05) is 21.9 Å². The molecule has 1 aromatic carbocycles. The van der Waals surface area contributed by atoms with Crippen molar-refractivity contribution in [2.45, 2.75) is 31.3 Å². The first-order chi connectivity index (χ1) is 12.7. The number of carbonyl (C=O) groups is 1. The largest absolute Gasteiger partial charge is 0.493 e. The third-order valence-electron chi connectivity index (χ3n) is 5.70. The van der Waals surface area contributed by atoms with Crippen LogP contribution in [0, 0.1) is 0 Å². The van der Waals surface area contributed by atoms with E-state index in [1.165, 1.54) is 0 Å². The standard InChI is InChI=1S/C20H26N2O4/c1-24-17-13-15-5-10-22(16(15)14-18(17)25-2)19(23)21-9-3-6-20(8-11-21)7-4-12-26-20/h4,7,13-14H,3,5-6,8-12H2,1-2H3. The predicted molar refractivity (Wildman–Crippen MR) is 99.2 cm³/mol. The second-order valence-electron chi connectivity index (χ2n) is 7.14. The minimum Gasteiger partial charge on any atom is -0.493 e. The van der Waals surface area contributed by atoms with Crippen LogP contribution in [0.3, 0.4) is 0 Å². The van der Waals surface area contributed by atoms with Gasteiger partial charge in [0.1, 0.15) is 0 Å². The maximum atomic E-state index is 13.2. The normalized spacial score (nSPS) is 24.7. The molecular weight excluding hydrogens is 332 g/mol. The van der Waals surface area contributed by atoms with Gasteiger partial charge in [0, 0.05) is 25.7 Å². The van der Waals surface area contributed by atoms with E-state index < -0.39 is 0 Å². The molecule has 0 radical (unpaired) electrons. The van der Waals surface area contributed by atoms with Crippen LogP contribution < -0.4 is 14.4 Å². The quantitative estimate of drug-likeness (QED) is 0.763. The maximum absolute atomic E-state index is 13.2. The molecule has 3 aliphatic heterocycles. The van der Waals surface area contributed by atoms with E-state index in [4.69, 9.17) is 14.2 Å². The van der Waals surface area contributed by atoms with Gasteiger partial charge < -0.3 is 19.1 Å². The van der Waals surface area contributed by atoms with E-state index in [2.05, 4.69) is 12.2 Å². The average molecular weight is 358 g/mol. The molecule has 6 nitrogen and oxygen atoms in total. The Morgan fingerprint density at radius 3 is 2.65 bits per heavy atom. The number of amides is 2. The summed E-state index contributed by atoms with van der Waals surface area (Å²) in [6.07, 6.45) is 7.92. The lowest BCUT2D eigenvalue weighted by Crippen LogP contribution is -2.43. The van der Waals surface area contributed by atoms with Crippen LogP contribution in [-0.2, 0) is 11.2 Å². The number of fused-ring (bicyclic) bond motifs is 1. The van der Waals surface area contributed by atoms with Crippen molar-refractivity contribution in [3.63, 3.8) is 0 Å². The molecule has 3 heterocycles. The minimum atomic E-state index is -0.158. The molecule has 140 valence electrons. The Labute approximate surface area is 154 Å². The van der Waals surface area contributed by atoms with Gasteiger partial charge in [0.15, 0.2) is 11.5 Å². The Morgan fingerprint density at radius 2 is 1.92 bits per heavy atom. The van der Waals surface area contributed by atoms with E-state index in [0.717, 1.165) is 50.0 Å². The summed E-state index contributed by atoms with van der Waals surface area (Å²) in [5.74, 6) is 1.37. The molecule has 1 spiro atoms. The van der Waals surface area contributed by atoms with Gasteiger partial charge in [-0.05, 0) is 37.3 Å². The maximum Gasteiger partial charge on any atom is 0.324 e. The topological polar surface area (TPSA) is 51.2 Å². The van der Waals surface area contributed by atoms with Crippen molar-refractivity contribution in [1.82, 2.24) is 4.90 Å². The summed E-state index contributed by atoms with van der Waals surface area (Å²) in [7, 11) is 3.25. The molecule has 6 heteroatoms. The summed E-state index contributed by atoms with van der Waals surface area (Å²) in [6, 6.07) is 3.98. The number of hydrogen-bond acceptors (Lipinski definition) is 4. The van der Waals surface area contributed by atoms with Crippen molar-refractivity contribution in [2.24, 2.45) is 0 Å². The van der Waals surface area contributed by atoms with Crippen molar-refractivity contribution >= 4 is 11.7 Å². The number of benzene rings is 1. The lowest BCUT2D eigenvalue weighted by molar-refractivity contribution is 0.0153. The second kappa shape index (κ2) is 6.83. The summed E-state index contributed by atoms with van der Waals surface area (Å²) in [6.45, 7) is 2.89. The zero-order valence-electron chi connectivity index (χ0n) is 15.5. The van der Waals surface area contributed by atoms with Crippen LogP contribution in [-0.4, -0.2) is 57.0 Å². The van der Waals surface area contributed by atoms with Gasteiger partial charge in [0.2, 0.25) is 0 Å². The van der Waals surface area contributed by atoms with Crippen LogP contribution in [0.4, 0.5) is 10.5 Å². The van der Waals surface area contributed by atoms with Crippen LogP contribution >= 0.6 is 0 Å². The van der Waals surface area contributed by atoms with E-state index in [9.17, 15) is 4.79 Å². The Balaban J connectivity index is 1.52. The van der Waals surface area contributed by atoms with Gasteiger partial charge >= 0.3 is 6.03 Å². The molecule has 1 atom stereocenters. The molecule has 1 aromatic rings. The lowest BCUT2D eigenvalue weighted by atomic mass is 9.95. The minimum absolute atomic E-state index is 0.0787. The Morgan fingerprint density at radius 1 is 1.12 bits per heavy atom. The van der Waals surface area contributed by atoms with Gasteiger partial charge in [-0.25, -0.2) is 4.79 Å². The van der Waals surface area contributed by atoms with Gasteiger partial charge in [-0.2, -0.15) is 0 Å². The highest BCUT2D eigenvalue weighted by Gasteiger charge is 2.36. The molecule has 1 fully saturated rings. The van der Waals surface area contributed by atoms with Gasteiger partial charge in [-0.3, -0.25) is 4.90 Å². The third-order valence-corrected chi connectivity index (χ3v) is 5.70. The fourth-order valence-corrected chi connectivity index (χ4v) is 4.24. The third kappa shape index (κ3) is 2.92. The van der Waals surface area contributed by atoms with Gasteiger partial charge in [0.05, 0.1) is 32.1 Å². The highest BCUT2D eigenvalue weighted by Crippen LogP contribution is 2.39. The molecule has 0 aliphatic carbocycles. The summed E-state index contributed by atoms with van der Waals surface area (Å²) in [5.41, 5.74) is 1.90. The van der Waals surface area contributed by atoms with Gasteiger partial charge in [-0.15, -0.1) is 0 Å². The molecule has 4 rings (SSSR count). The first kappa shape index (κ1) is 17.2. The van der Waals surface area contributed by atoms with Crippen molar-refractivity contribution in [2.75, 3.05) is 45.4 Å². The van der Waals surface area contributed by atoms with Crippen LogP contribution in [0.15, 0.2) is 24.3 Å². The molecule has 0 bridgehead atoms. The molecule has 3 aliphatic rings. The average Bonchev–Trinajstić information content (AvgIpc) is 3.23. The highest BCUT2D eigenvalue weighted by atomic mass is 16.5. The number of likely N-dealkylation sites (tertiary alicyclic amines) is 1. The number of ether oxygens (including phenoxy) is 3. The van der Waals surface area contributed by atoms with Crippen LogP contribution in [0.1, 0.15) is 24.8 Å². The van der Waals surface area contributed by atoms with E-state index in [1.54, 1.807) is 14.2 Å². The Hall–Kier alpha value is -2.21. The fourth-order valence-electron chi connectivity index (χ4n) is 4.24. The van der Waals surface area contributed by atoms with E-state index >= 15 is 0 Å². The van der Waals surface area contributed by atoms with Crippen LogP contribution in [0.25, 0.3) is 0 Å².